The van der Waals surface area contributed by atoms with Crippen LogP contribution in [0.15, 0.2) is 11.4 Å². The molecule has 0 saturated carbocycles. The summed E-state index contributed by atoms with van der Waals surface area (Å²) >= 11 is 1.26. The lowest BCUT2D eigenvalue weighted by Crippen LogP contribution is -2.16. The van der Waals surface area contributed by atoms with Gasteiger partial charge in [-0.25, -0.2) is 4.79 Å². The first-order valence-electron chi connectivity index (χ1n) is 5.54. The lowest BCUT2D eigenvalue weighted by molar-refractivity contribution is -0.117. The molecule has 0 aliphatic carbocycles. The summed E-state index contributed by atoms with van der Waals surface area (Å²) in [5.41, 5.74) is 0.537. The standard InChI is InChI=1S/C12H17NO3S/c1-4-8(2)7-10(14)13-9-5-6-17-11(9)12(15)16-3/h5-6,8H,4,7H2,1-3H3,(H,13,14). The van der Waals surface area contributed by atoms with Crippen LogP contribution >= 0.6 is 11.3 Å². The number of ether oxygens (including phenoxy) is 1. The van der Waals surface area contributed by atoms with Crippen molar-refractivity contribution in [3.05, 3.63) is 16.3 Å². The fraction of sp³-hybridized carbons (Fsp3) is 0.500. The van der Waals surface area contributed by atoms with Crippen molar-refractivity contribution in [2.75, 3.05) is 12.4 Å². The molecule has 94 valence electrons. The van der Waals surface area contributed by atoms with Gasteiger partial charge in [0.05, 0.1) is 12.8 Å². The highest BCUT2D eigenvalue weighted by Gasteiger charge is 2.16. The van der Waals surface area contributed by atoms with E-state index in [4.69, 9.17) is 0 Å². The Kier molecular flexibility index (Phi) is 5.15. The lowest BCUT2D eigenvalue weighted by Gasteiger charge is -2.09. The Bertz CT molecular complexity index is 400. The molecule has 17 heavy (non-hydrogen) atoms. The second-order valence-electron chi connectivity index (χ2n) is 3.92. The van der Waals surface area contributed by atoms with Crippen molar-refractivity contribution in [1.29, 1.82) is 0 Å². The maximum Gasteiger partial charge on any atom is 0.350 e. The van der Waals surface area contributed by atoms with Gasteiger partial charge in [0, 0.05) is 6.42 Å². The van der Waals surface area contributed by atoms with Crippen LogP contribution in [0.25, 0.3) is 0 Å². The van der Waals surface area contributed by atoms with Crippen LogP contribution in [0.2, 0.25) is 0 Å². The van der Waals surface area contributed by atoms with Gasteiger partial charge in [0.15, 0.2) is 0 Å². The predicted octanol–water partition coefficient (Wildman–Crippen LogP) is 2.91. The Labute approximate surface area is 105 Å². The van der Waals surface area contributed by atoms with E-state index in [0.717, 1.165) is 6.42 Å². The van der Waals surface area contributed by atoms with Crippen LogP contribution in [0.4, 0.5) is 5.69 Å². The number of rotatable bonds is 5. The number of hydrogen-bond acceptors (Lipinski definition) is 4. The van der Waals surface area contributed by atoms with Crippen molar-refractivity contribution >= 4 is 28.9 Å². The van der Waals surface area contributed by atoms with Crippen molar-refractivity contribution in [3.63, 3.8) is 0 Å². The molecule has 5 heteroatoms. The zero-order valence-corrected chi connectivity index (χ0v) is 11.1. The van der Waals surface area contributed by atoms with Gasteiger partial charge < -0.3 is 10.1 Å². The summed E-state index contributed by atoms with van der Waals surface area (Å²) in [6.45, 7) is 4.07. The van der Waals surface area contributed by atoms with Crippen LogP contribution < -0.4 is 5.32 Å². The van der Waals surface area contributed by atoms with Crippen LogP contribution in [-0.2, 0) is 9.53 Å². The molecule has 1 amide bonds. The molecule has 0 fully saturated rings. The number of esters is 1. The summed E-state index contributed by atoms with van der Waals surface area (Å²) in [5, 5.41) is 4.50. The first kappa shape index (κ1) is 13.7. The number of amides is 1. The Morgan fingerprint density at radius 3 is 2.82 bits per heavy atom. The molecule has 1 atom stereocenters. The number of anilines is 1. The smallest absolute Gasteiger partial charge is 0.350 e. The van der Waals surface area contributed by atoms with Crippen LogP contribution in [0, 0.1) is 5.92 Å². The average Bonchev–Trinajstić information content (AvgIpc) is 2.75. The summed E-state index contributed by atoms with van der Waals surface area (Å²) in [4.78, 5) is 23.5. The summed E-state index contributed by atoms with van der Waals surface area (Å²) < 4.78 is 4.64. The Hall–Kier alpha value is -1.36. The monoisotopic (exact) mass is 255 g/mol. The van der Waals surface area contributed by atoms with Crippen molar-refractivity contribution in [1.82, 2.24) is 0 Å². The molecule has 1 unspecified atom stereocenters. The van der Waals surface area contributed by atoms with Gasteiger partial charge in [0.2, 0.25) is 5.91 Å². The molecule has 4 nitrogen and oxygen atoms in total. The summed E-state index contributed by atoms with van der Waals surface area (Å²) in [5.74, 6) is -0.142. The fourth-order valence-electron chi connectivity index (χ4n) is 1.32. The molecular formula is C12H17NO3S. The zero-order chi connectivity index (χ0) is 12.8. The Morgan fingerprint density at radius 1 is 1.53 bits per heavy atom. The fourth-order valence-corrected chi connectivity index (χ4v) is 2.09. The summed E-state index contributed by atoms with van der Waals surface area (Å²) in [6.07, 6.45) is 1.42. The quantitative estimate of drug-likeness (QED) is 0.823. The van der Waals surface area contributed by atoms with Gasteiger partial charge in [0.1, 0.15) is 4.88 Å². The topological polar surface area (TPSA) is 55.4 Å². The second-order valence-corrected chi connectivity index (χ2v) is 4.84. The van der Waals surface area contributed by atoms with Crippen LogP contribution in [0.1, 0.15) is 36.4 Å². The maximum absolute atomic E-state index is 11.7. The van der Waals surface area contributed by atoms with Crippen LogP contribution in [0.3, 0.4) is 0 Å². The van der Waals surface area contributed by atoms with Crippen molar-refractivity contribution < 1.29 is 14.3 Å². The van der Waals surface area contributed by atoms with Crippen molar-refractivity contribution in [2.24, 2.45) is 5.92 Å². The number of carbonyl (C=O) groups excluding carboxylic acids is 2. The number of methoxy groups -OCH3 is 1. The van der Waals surface area contributed by atoms with E-state index in [2.05, 4.69) is 10.1 Å². The van der Waals surface area contributed by atoms with E-state index in [1.807, 2.05) is 13.8 Å². The molecule has 0 saturated heterocycles. The molecule has 0 aliphatic heterocycles. The third-order valence-electron chi connectivity index (χ3n) is 2.54. The van der Waals surface area contributed by atoms with Gasteiger partial charge in [-0.2, -0.15) is 0 Å². The molecule has 1 aromatic heterocycles. The highest BCUT2D eigenvalue weighted by molar-refractivity contribution is 7.12. The Balaban J connectivity index is 2.66. The number of hydrogen-bond donors (Lipinski definition) is 1. The largest absolute Gasteiger partial charge is 0.465 e. The SMILES string of the molecule is CCC(C)CC(=O)Nc1ccsc1C(=O)OC. The highest BCUT2D eigenvalue weighted by Crippen LogP contribution is 2.23. The molecule has 1 rings (SSSR count). The van der Waals surface area contributed by atoms with Crippen LogP contribution in [-0.4, -0.2) is 19.0 Å². The summed E-state index contributed by atoms with van der Waals surface area (Å²) in [6, 6.07) is 1.71. The van der Waals surface area contributed by atoms with Gasteiger partial charge in [-0.3, -0.25) is 4.79 Å². The molecule has 1 aromatic rings. The maximum atomic E-state index is 11.7. The second kappa shape index (κ2) is 6.39. The normalized spacial score (nSPS) is 11.9. The van der Waals surface area contributed by atoms with Gasteiger partial charge in [-0.1, -0.05) is 20.3 Å². The van der Waals surface area contributed by atoms with Gasteiger partial charge >= 0.3 is 5.97 Å². The first-order chi connectivity index (χ1) is 8.08. The van der Waals surface area contributed by atoms with Gasteiger partial charge in [-0.05, 0) is 17.4 Å². The van der Waals surface area contributed by atoms with E-state index in [1.54, 1.807) is 11.4 Å². The molecule has 0 bridgehead atoms. The van der Waals surface area contributed by atoms with E-state index in [-0.39, 0.29) is 5.91 Å². The first-order valence-corrected chi connectivity index (χ1v) is 6.42. The van der Waals surface area contributed by atoms with Crippen molar-refractivity contribution in [2.45, 2.75) is 26.7 Å². The highest BCUT2D eigenvalue weighted by atomic mass is 32.1. The van der Waals surface area contributed by atoms with E-state index < -0.39 is 5.97 Å². The molecule has 1 N–H and O–H groups in total. The van der Waals surface area contributed by atoms with Gasteiger partial charge in [0.25, 0.3) is 0 Å². The number of thiophene rings is 1. The molecule has 0 aliphatic rings. The van der Waals surface area contributed by atoms with E-state index in [1.165, 1.54) is 18.4 Å². The average molecular weight is 255 g/mol. The van der Waals surface area contributed by atoms with E-state index in [9.17, 15) is 9.59 Å². The molecule has 0 aromatic carbocycles. The van der Waals surface area contributed by atoms with Crippen LogP contribution in [0.5, 0.6) is 0 Å². The molecular weight excluding hydrogens is 238 g/mol. The van der Waals surface area contributed by atoms with E-state index >= 15 is 0 Å². The molecule has 0 radical (unpaired) electrons. The minimum absolute atomic E-state index is 0.0668. The predicted molar refractivity (Wildman–Crippen MR) is 68.4 cm³/mol. The third-order valence-corrected chi connectivity index (χ3v) is 3.44. The molecule has 1 heterocycles. The minimum atomic E-state index is -0.418. The number of nitrogens with one attached hydrogen (secondary N) is 1. The minimum Gasteiger partial charge on any atom is -0.465 e. The molecule has 0 spiro atoms. The number of carbonyl (C=O) groups is 2. The third kappa shape index (κ3) is 3.85. The van der Waals surface area contributed by atoms with E-state index in [0.29, 0.717) is 22.9 Å². The Morgan fingerprint density at radius 2 is 2.24 bits per heavy atom. The lowest BCUT2D eigenvalue weighted by atomic mass is 10.1. The van der Waals surface area contributed by atoms with Gasteiger partial charge in [-0.15, -0.1) is 11.3 Å². The summed E-state index contributed by atoms with van der Waals surface area (Å²) in [7, 11) is 1.33. The zero-order valence-electron chi connectivity index (χ0n) is 10.3. The van der Waals surface area contributed by atoms with Crippen molar-refractivity contribution in [3.8, 4) is 0 Å².